The zero-order chi connectivity index (χ0) is 15.2. The third-order valence-electron chi connectivity index (χ3n) is 4.58. The van der Waals surface area contributed by atoms with Gasteiger partial charge in [-0.05, 0) is 38.3 Å². The maximum absolute atomic E-state index is 4.49. The molecule has 1 aliphatic rings. The van der Waals surface area contributed by atoms with E-state index in [9.17, 15) is 0 Å². The molecule has 0 spiro atoms. The summed E-state index contributed by atoms with van der Waals surface area (Å²) in [6.07, 6.45) is 13.9. The van der Waals surface area contributed by atoms with Crippen molar-refractivity contribution in [3.63, 3.8) is 0 Å². The summed E-state index contributed by atoms with van der Waals surface area (Å²) in [4.78, 5) is 14.6. The van der Waals surface area contributed by atoms with Crippen LogP contribution in [0, 0.1) is 5.92 Å². The number of nitrogens with zero attached hydrogens (tertiary/aromatic N) is 4. The summed E-state index contributed by atoms with van der Waals surface area (Å²) in [7, 11) is 0. The Morgan fingerprint density at radius 1 is 1.32 bits per heavy atom. The molecule has 0 aliphatic carbocycles. The molecule has 0 aromatic carbocycles. The van der Waals surface area contributed by atoms with Crippen LogP contribution in [0.3, 0.4) is 0 Å². The molecule has 0 unspecified atom stereocenters. The zero-order valence-corrected chi connectivity index (χ0v) is 13.5. The quantitative estimate of drug-likeness (QED) is 0.855. The number of piperidine rings is 1. The highest BCUT2D eigenvalue weighted by atomic mass is 15.1. The van der Waals surface area contributed by atoms with E-state index in [0.717, 1.165) is 31.3 Å². The first-order valence-electron chi connectivity index (χ1n) is 8.54. The average molecular weight is 301 g/mol. The third-order valence-corrected chi connectivity index (χ3v) is 4.58. The van der Waals surface area contributed by atoms with E-state index >= 15 is 0 Å². The van der Waals surface area contributed by atoms with Crippen molar-refractivity contribution >= 4 is 0 Å². The van der Waals surface area contributed by atoms with Crippen molar-refractivity contribution in [1.29, 1.82) is 0 Å². The lowest BCUT2D eigenvalue weighted by Gasteiger charge is -2.31. The highest BCUT2D eigenvalue weighted by Gasteiger charge is 2.20. The lowest BCUT2D eigenvalue weighted by molar-refractivity contribution is 0.165. The summed E-state index contributed by atoms with van der Waals surface area (Å²) < 4.78 is 2.20. The second-order valence-corrected chi connectivity index (χ2v) is 6.44. The number of nitrogens with one attached hydrogen (secondary N) is 1. The molecule has 0 atom stereocenters. The molecule has 0 saturated carbocycles. The van der Waals surface area contributed by atoms with E-state index < -0.39 is 0 Å². The van der Waals surface area contributed by atoms with Crippen LogP contribution in [0.15, 0.2) is 24.9 Å². The van der Waals surface area contributed by atoms with Gasteiger partial charge in [0, 0.05) is 43.8 Å². The number of hydrogen-bond donors (Lipinski definition) is 1. The Morgan fingerprint density at radius 3 is 2.91 bits per heavy atom. The molecule has 1 saturated heterocycles. The molecule has 0 bridgehead atoms. The molecule has 5 nitrogen and oxygen atoms in total. The van der Waals surface area contributed by atoms with Gasteiger partial charge in [-0.15, -0.1) is 0 Å². The molecule has 120 valence electrons. The minimum Gasteiger partial charge on any atom is -0.345 e. The minimum absolute atomic E-state index is 0.785. The molecule has 1 aliphatic heterocycles. The Morgan fingerprint density at radius 2 is 2.18 bits per heavy atom. The second kappa shape index (κ2) is 7.58. The summed E-state index contributed by atoms with van der Waals surface area (Å²) in [5.41, 5.74) is 1.26. The van der Waals surface area contributed by atoms with Gasteiger partial charge in [-0.2, -0.15) is 0 Å². The van der Waals surface area contributed by atoms with Gasteiger partial charge < -0.3 is 9.55 Å². The lowest BCUT2D eigenvalue weighted by atomic mass is 9.96. The largest absolute Gasteiger partial charge is 0.345 e. The summed E-state index contributed by atoms with van der Waals surface area (Å²) in [6, 6.07) is 0. The van der Waals surface area contributed by atoms with Gasteiger partial charge in [0.2, 0.25) is 0 Å². The van der Waals surface area contributed by atoms with Crippen LogP contribution in [0.25, 0.3) is 0 Å². The normalized spacial score (nSPS) is 17.1. The first-order chi connectivity index (χ1) is 10.8. The van der Waals surface area contributed by atoms with Crippen molar-refractivity contribution in [3.8, 4) is 0 Å². The molecule has 1 N–H and O–H groups in total. The molecule has 3 rings (SSSR count). The second-order valence-electron chi connectivity index (χ2n) is 6.44. The van der Waals surface area contributed by atoms with E-state index in [-0.39, 0.29) is 0 Å². The van der Waals surface area contributed by atoms with Gasteiger partial charge in [0.15, 0.2) is 0 Å². The molecule has 3 heterocycles. The highest BCUT2D eigenvalue weighted by Crippen LogP contribution is 2.20. The molecule has 22 heavy (non-hydrogen) atoms. The Hall–Kier alpha value is -1.62. The number of aromatic amines is 1. The topological polar surface area (TPSA) is 49.7 Å². The van der Waals surface area contributed by atoms with E-state index in [1.165, 1.54) is 44.5 Å². The Balaban J connectivity index is 1.42. The van der Waals surface area contributed by atoms with Crippen LogP contribution in [0.1, 0.15) is 44.1 Å². The first-order valence-corrected chi connectivity index (χ1v) is 8.54. The standard InChI is InChI=1S/C17H27N5/c1-2-3-4-17-19-11-16(20-17)13-21-8-5-15(6-9-21)12-22-10-7-18-14-22/h7,10-11,14-15H,2-6,8-9,12-13H2,1H3,(H,19,20). The van der Waals surface area contributed by atoms with E-state index in [0.29, 0.717) is 0 Å². The number of hydrogen-bond acceptors (Lipinski definition) is 3. The molecule has 2 aromatic heterocycles. The van der Waals surface area contributed by atoms with Crippen LogP contribution in [0.5, 0.6) is 0 Å². The number of imidazole rings is 2. The minimum atomic E-state index is 0.785. The molecule has 0 amide bonds. The molecule has 1 fully saturated rings. The number of aryl methyl sites for hydroxylation is 1. The number of H-pyrrole nitrogens is 1. The van der Waals surface area contributed by atoms with Crippen LogP contribution < -0.4 is 0 Å². The van der Waals surface area contributed by atoms with Gasteiger partial charge >= 0.3 is 0 Å². The SMILES string of the molecule is CCCCc1ncc(CN2CCC(Cn3ccnc3)CC2)[nH]1. The summed E-state index contributed by atoms with van der Waals surface area (Å²) in [5, 5.41) is 0. The van der Waals surface area contributed by atoms with Crippen molar-refractivity contribution in [2.75, 3.05) is 13.1 Å². The number of unbranched alkanes of at least 4 members (excludes halogenated alkanes) is 1. The average Bonchev–Trinajstić information content (AvgIpc) is 3.19. The number of aromatic nitrogens is 4. The molecule has 2 aromatic rings. The Labute approximate surface area is 132 Å². The van der Waals surface area contributed by atoms with E-state index in [1.54, 1.807) is 0 Å². The maximum Gasteiger partial charge on any atom is 0.106 e. The van der Waals surface area contributed by atoms with Gasteiger partial charge in [0.1, 0.15) is 5.82 Å². The molecule has 0 radical (unpaired) electrons. The fraction of sp³-hybridized carbons (Fsp3) is 0.647. The monoisotopic (exact) mass is 301 g/mol. The maximum atomic E-state index is 4.49. The molecular weight excluding hydrogens is 274 g/mol. The zero-order valence-electron chi connectivity index (χ0n) is 13.5. The summed E-state index contributed by atoms with van der Waals surface area (Å²) in [6.45, 7) is 6.71. The molecule has 5 heteroatoms. The van der Waals surface area contributed by atoms with Crippen molar-refractivity contribution in [2.24, 2.45) is 5.92 Å². The predicted molar refractivity (Wildman–Crippen MR) is 87.4 cm³/mol. The Bertz CT molecular complexity index is 537. The van der Waals surface area contributed by atoms with Gasteiger partial charge in [0.25, 0.3) is 0 Å². The van der Waals surface area contributed by atoms with Crippen molar-refractivity contribution in [1.82, 2.24) is 24.4 Å². The van der Waals surface area contributed by atoms with Gasteiger partial charge in [-0.3, -0.25) is 4.90 Å². The van der Waals surface area contributed by atoms with Crippen LogP contribution in [0.4, 0.5) is 0 Å². The number of rotatable bonds is 7. The van der Waals surface area contributed by atoms with Gasteiger partial charge in [-0.1, -0.05) is 13.3 Å². The van der Waals surface area contributed by atoms with E-state index in [4.69, 9.17) is 0 Å². The fourth-order valence-electron chi connectivity index (χ4n) is 3.22. The summed E-state index contributed by atoms with van der Waals surface area (Å²) >= 11 is 0. The Kier molecular flexibility index (Phi) is 5.27. The fourth-order valence-corrected chi connectivity index (χ4v) is 3.22. The van der Waals surface area contributed by atoms with E-state index in [2.05, 4.69) is 37.5 Å². The van der Waals surface area contributed by atoms with Crippen LogP contribution in [-0.2, 0) is 19.5 Å². The molecular formula is C17H27N5. The van der Waals surface area contributed by atoms with Crippen LogP contribution in [0.2, 0.25) is 0 Å². The smallest absolute Gasteiger partial charge is 0.106 e. The van der Waals surface area contributed by atoms with Crippen molar-refractivity contribution in [2.45, 2.75) is 52.1 Å². The third kappa shape index (κ3) is 4.19. The van der Waals surface area contributed by atoms with Crippen LogP contribution >= 0.6 is 0 Å². The van der Waals surface area contributed by atoms with Gasteiger partial charge in [-0.25, -0.2) is 9.97 Å². The van der Waals surface area contributed by atoms with Crippen molar-refractivity contribution < 1.29 is 0 Å². The summed E-state index contributed by atoms with van der Waals surface area (Å²) in [5.74, 6) is 1.93. The van der Waals surface area contributed by atoms with Gasteiger partial charge in [0.05, 0.1) is 6.33 Å². The van der Waals surface area contributed by atoms with Crippen LogP contribution in [-0.4, -0.2) is 37.5 Å². The lowest BCUT2D eigenvalue weighted by Crippen LogP contribution is -2.34. The van der Waals surface area contributed by atoms with Crippen molar-refractivity contribution in [3.05, 3.63) is 36.4 Å². The highest BCUT2D eigenvalue weighted by molar-refractivity contribution is 5.01. The predicted octanol–water partition coefficient (Wildman–Crippen LogP) is 2.86. The number of likely N-dealkylation sites (tertiary alicyclic amines) is 1. The first kappa shape index (κ1) is 15.3. The van der Waals surface area contributed by atoms with E-state index in [1.807, 2.05) is 18.7 Å².